The first-order valence-corrected chi connectivity index (χ1v) is 9.35. The second-order valence-corrected chi connectivity index (χ2v) is 7.10. The van der Waals surface area contributed by atoms with Crippen molar-refractivity contribution in [2.45, 2.75) is 13.0 Å². The van der Waals surface area contributed by atoms with E-state index in [0.717, 1.165) is 5.56 Å². The van der Waals surface area contributed by atoms with Crippen LogP contribution in [0.1, 0.15) is 11.1 Å². The molecule has 2 aromatic carbocycles. The monoisotopic (exact) mass is 466 g/mol. The number of benzene rings is 2. The quantitative estimate of drug-likeness (QED) is 0.485. The average molecular weight is 468 g/mol. The van der Waals surface area contributed by atoms with Crippen molar-refractivity contribution in [3.8, 4) is 5.75 Å². The van der Waals surface area contributed by atoms with Crippen LogP contribution in [0.5, 0.6) is 5.75 Å². The minimum atomic E-state index is -0.578. The van der Waals surface area contributed by atoms with Crippen molar-refractivity contribution in [2.24, 2.45) is 0 Å². The number of carbonyl (C=O) groups is 1. The summed E-state index contributed by atoms with van der Waals surface area (Å²) in [5.41, 5.74) is 1.51. The molecule has 1 amide bonds. The van der Waals surface area contributed by atoms with Crippen LogP contribution in [0, 0.1) is 11.8 Å². The number of amides is 1. The maximum Gasteiger partial charge on any atom is 0.228 e. The van der Waals surface area contributed by atoms with Crippen molar-refractivity contribution in [1.82, 2.24) is 4.98 Å². The van der Waals surface area contributed by atoms with E-state index in [4.69, 9.17) is 16.3 Å². The Labute approximate surface area is 173 Å². The molecule has 0 aliphatic heterocycles. The maximum absolute atomic E-state index is 13.8. The Bertz CT molecular complexity index is 980. The summed E-state index contributed by atoms with van der Waals surface area (Å²) in [7, 11) is 0. The van der Waals surface area contributed by atoms with E-state index < -0.39 is 11.8 Å². The molecular weight excluding hydrogens is 454 g/mol. The van der Waals surface area contributed by atoms with Crippen molar-refractivity contribution < 1.29 is 18.3 Å². The number of rotatable bonds is 6. The molecule has 28 heavy (non-hydrogen) atoms. The highest BCUT2D eigenvalue weighted by molar-refractivity contribution is 9.10. The molecule has 1 heterocycles. The van der Waals surface area contributed by atoms with Crippen LogP contribution >= 0.6 is 27.5 Å². The summed E-state index contributed by atoms with van der Waals surface area (Å²) >= 11 is 9.37. The van der Waals surface area contributed by atoms with E-state index in [-0.39, 0.29) is 29.5 Å². The molecular formula is C20H14BrClF2N2O2. The maximum atomic E-state index is 13.8. The lowest BCUT2D eigenvalue weighted by molar-refractivity contribution is -0.115. The molecule has 1 aromatic heterocycles. The van der Waals surface area contributed by atoms with Crippen LogP contribution in [0.4, 0.5) is 14.5 Å². The standard InChI is InChI=1S/C20H14BrClF2N2O2/c21-16-8-13(26-20(27)9-15-17(22)2-1-3-18(15)23)5-4-12(16)11-28-14-6-7-19(24)25-10-14/h1-8,10H,9,11H2,(H,26,27). The van der Waals surface area contributed by atoms with Crippen molar-refractivity contribution in [1.29, 1.82) is 0 Å². The van der Waals surface area contributed by atoms with Gasteiger partial charge >= 0.3 is 0 Å². The number of hydrogen-bond donors (Lipinski definition) is 1. The zero-order valence-electron chi connectivity index (χ0n) is 14.4. The molecule has 0 unspecified atom stereocenters. The van der Waals surface area contributed by atoms with Gasteiger partial charge < -0.3 is 10.1 Å². The Morgan fingerprint density at radius 1 is 1.18 bits per heavy atom. The number of ether oxygens (including phenoxy) is 1. The van der Waals surface area contributed by atoms with Crippen LogP contribution in [0.15, 0.2) is 59.2 Å². The number of nitrogens with zero attached hydrogens (tertiary/aromatic N) is 1. The lowest BCUT2D eigenvalue weighted by atomic mass is 10.1. The Morgan fingerprint density at radius 2 is 2.00 bits per heavy atom. The van der Waals surface area contributed by atoms with Gasteiger partial charge in [-0.1, -0.05) is 39.7 Å². The molecule has 4 nitrogen and oxygen atoms in total. The van der Waals surface area contributed by atoms with E-state index in [2.05, 4.69) is 26.2 Å². The van der Waals surface area contributed by atoms with Crippen molar-refractivity contribution in [3.05, 3.63) is 87.1 Å². The number of hydrogen-bond acceptors (Lipinski definition) is 3. The van der Waals surface area contributed by atoms with Crippen LogP contribution in [-0.2, 0) is 17.8 Å². The molecule has 0 saturated carbocycles. The van der Waals surface area contributed by atoms with Gasteiger partial charge in [-0.2, -0.15) is 4.39 Å². The average Bonchev–Trinajstić information content (AvgIpc) is 2.65. The smallest absolute Gasteiger partial charge is 0.228 e. The largest absolute Gasteiger partial charge is 0.487 e. The van der Waals surface area contributed by atoms with Crippen LogP contribution in [0.2, 0.25) is 5.02 Å². The summed E-state index contributed by atoms with van der Waals surface area (Å²) in [5.74, 6) is -1.05. The Kier molecular flexibility index (Phi) is 6.59. The van der Waals surface area contributed by atoms with E-state index in [1.807, 2.05) is 0 Å². The van der Waals surface area contributed by atoms with Gasteiger partial charge in [0.2, 0.25) is 11.9 Å². The molecule has 0 fully saturated rings. The third-order valence-corrected chi connectivity index (χ3v) is 4.92. The second kappa shape index (κ2) is 9.12. The minimum absolute atomic E-state index is 0.152. The first-order valence-electron chi connectivity index (χ1n) is 8.18. The molecule has 0 bridgehead atoms. The topological polar surface area (TPSA) is 51.2 Å². The van der Waals surface area contributed by atoms with Gasteiger partial charge in [-0.05, 0) is 36.4 Å². The fourth-order valence-electron chi connectivity index (χ4n) is 2.42. The number of anilines is 1. The number of halogens is 4. The van der Waals surface area contributed by atoms with Gasteiger partial charge in [0.25, 0.3) is 0 Å². The molecule has 144 valence electrons. The van der Waals surface area contributed by atoms with Gasteiger partial charge in [0.15, 0.2) is 0 Å². The molecule has 0 saturated heterocycles. The first kappa shape index (κ1) is 20.2. The summed E-state index contributed by atoms with van der Waals surface area (Å²) < 4.78 is 32.9. The molecule has 1 N–H and O–H groups in total. The van der Waals surface area contributed by atoms with E-state index >= 15 is 0 Å². The number of nitrogens with one attached hydrogen (secondary N) is 1. The van der Waals surface area contributed by atoms with E-state index in [1.54, 1.807) is 18.2 Å². The third kappa shape index (κ3) is 5.27. The predicted octanol–water partition coefficient (Wildman–Crippen LogP) is 5.54. The molecule has 0 aliphatic carbocycles. The summed E-state index contributed by atoms with van der Waals surface area (Å²) in [6, 6.07) is 12.2. The Morgan fingerprint density at radius 3 is 2.68 bits per heavy atom. The molecule has 3 aromatic rings. The molecule has 3 rings (SSSR count). The Hall–Kier alpha value is -2.51. The van der Waals surface area contributed by atoms with Gasteiger partial charge in [0.05, 0.1) is 12.6 Å². The first-order chi connectivity index (χ1) is 13.4. The SMILES string of the molecule is O=C(Cc1c(F)cccc1Cl)Nc1ccc(COc2ccc(F)nc2)c(Br)c1. The van der Waals surface area contributed by atoms with Crippen LogP contribution in [0.3, 0.4) is 0 Å². The van der Waals surface area contributed by atoms with E-state index in [1.165, 1.54) is 36.5 Å². The zero-order chi connectivity index (χ0) is 20.1. The lowest BCUT2D eigenvalue weighted by Gasteiger charge is -2.11. The normalized spacial score (nSPS) is 10.6. The van der Waals surface area contributed by atoms with Crippen molar-refractivity contribution in [2.75, 3.05) is 5.32 Å². The molecule has 0 aliphatic rings. The summed E-state index contributed by atoms with van der Waals surface area (Å²) in [6.07, 6.45) is 1.12. The predicted molar refractivity (Wildman–Crippen MR) is 106 cm³/mol. The highest BCUT2D eigenvalue weighted by atomic mass is 79.9. The lowest BCUT2D eigenvalue weighted by Crippen LogP contribution is -2.15. The summed E-state index contributed by atoms with van der Waals surface area (Å²) in [4.78, 5) is 15.7. The molecule has 0 atom stereocenters. The number of pyridine rings is 1. The number of carbonyl (C=O) groups excluding carboxylic acids is 1. The van der Waals surface area contributed by atoms with Crippen molar-refractivity contribution in [3.63, 3.8) is 0 Å². The summed E-state index contributed by atoms with van der Waals surface area (Å²) in [5, 5.41) is 2.91. The minimum Gasteiger partial charge on any atom is -0.487 e. The highest BCUT2D eigenvalue weighted by Gasteiger charge is 2.13. The second-order valence-electron chi connectivity index (χ2n) is 5.84. The zero-order valence-corrected chi connectivity index (χ0v) is 16.7. The van der Waals surface area contributed by atoms with Crippen LogP contribution in [0.25, 0.3) is 0 Å². The van der Waals surface area contributed by atoms with E-state index in [0.29, 0.717) is 15.9 Å². The van der Waals surface area contributed by atoms with Crippen molar-refractivity contribution >= 4 is 39.1 Å². The van der Waals surface area contributed by atoms with Gasteiger partial charge in [-0.15, -0.1) is 0 Å². The van der Waals surface area contributed by atoms with Gasteiger partial charge in [0, 0.05) is 26.3 Å². The highest BCUT2D eigenvalue weighted by Crippen LogP contribution is 2.24. The van der Waals surface area contributed by atoms with E-state index in [9.17, 15) is 13.6 Å². The third-order valence-electron chi connectivity index (χ3n) is 3.83. The van der Waals surface area contributed by atoms with Gasteiger partial charge in [-0.25, -0.2) is 9.37 Å². The molecule has 8 heteroatoms. The fourth-order valence-corrected chi connectivity index (χ4v) is 3.14. The summed E-state index contributed by atoms with van der Waals surface area (Å²) in [6.45, 7) is 0.229. The fraction of sp³-hybridized carbons (Fsp3) is 0.100. The van der Waals surface area contributed by atoms with Gasteiger partial charge in [0.1, 0.15) is 18.2 Å². The Balaban J connectivity index is 1.62. The molecule has 0 spiro atoms. The number of aromatic nitrogens is 1. The van der Waals surface area contributed by atoms with Crippen LogP contribution < -0.4 is 10.1 Å². The van der Waals surface area contributed by atoms with Crippen LogP contribution in [-0.4, -0.2) is 10.9 Å². The van der Waals surface area contributed by atoms with Gasteiger partial charge in [-0.3, -0.25) is 4.79 Å². The molecule has 0 radical (unpaired) electrons.